The van der Waals surface area contributed by atoms with E-state index in [0.717, 1.165) is 62.4 Å². The van der Waals surface area contributed by atoms with E-state index in [0.29, 0.717) is 5.56 Å². The lowest BCUT2D eigenvalue weighted by Crippen LogP contribution is -2.36. The van der Waals surface area contributed by atoms with Crippen LogP contribution >= 0.6 is 0 Å². The molecule has 0 aliphatic carbocycles. The first-order chi connectivity index (χ1) is 13.1. The number of benzene rings is 1. The van der Waals surface area contributed by atoms with E-state index in [4.69, 9.17) is 0 Å². The minimum absolute atomic E-state index is 0.0648. The molecule has 2 aromatic rings. The zero-order valence-corrected chi connectivity index (χ0v) is 15.2. The highest BCUT2D eigenvalue weighted by molar-refractivity contribution is 5.94. The molecule has 0 spiro atoms. The van der Waals surface area contributed by atoms with E-state index in [2.05, 4.69) is 4.98 Å². The number of hydrogen-bond donors (Lipinski definition) is 1. The number of pyridine rings is 1. The molecule has 1 amide bonds. The molecule has 4 rings (SSSR count). The predicted molar refractivity (Wildman–Crippen MR) is 103 cm³/mol. The van der Waals surface area contributed by atoms with Crippen molar-refractivity contribution in [2.75, 3.05) is 24.5 Å². The Kier molecular flexibility index (Phi) is 4.79. The Morgan fingerprint density at radius 2 is 1.78 bits per heavy atom. The maximum atomic E-state index is 12.8. The van der Waals surface area contributed by atoms with Crippen molar-refractivity contribution in [1.29, 1.82) is 0 Å². The van der Waals surface area contributed by atoms with Crippen LogP contribution in [0.2, 0.25) is 0 Å². The molecular formula is C21H23N3O3. The highest BCUT2D eigenvalue weighted by Crippen LogP contribution is 2.32. The van der Waals surface area contributed by atoms with E-state index in [1.807, 2.05) is 21.9 Å². The normalized spacial score (nSPS) is 16.7. The molecule has 1 saturated heterocycles. The molecule has 1 aromatic carbocycles. The molecular weight excluding hydrogens is 342 g/mol. The van der Waals surface area contributed by atoms with Crippen molar-refractivity contribution in [2.45, 2.75) is 32.1 Å². The first kappa shape index (κ1) is 17.5. The number of aryl methyl sites for hydroxylation is 1. The molecule has 1 aromatic heterocycles. The second kappa shape index (κ2) is 7.39. The number of nitrogens with zero attached hydrogens (tertiary/aromatic N) is 3. The fraction of sp³-hybridized carbons (Fsp3) is 0.381. The average Bonchev–Trinajstić information content (AvgIpc) is 2.73. The van der Waals surface area contributed by atoms with Crippen LogP contribution in [0, 0.1) is 0 Å². The van der Waals surface area contributed by atoms with E-state index in [1.54, 1.807) is 24.4 Å². The Labute approximate surface area is 158 Å². The number of anilines is 2. The Hall–Kier alpha value is -2.89. The van der Waals surface area contributed by atoms with E-state index < -0.39 is 5.97 Å². The van der Waals surface area contributed by atoms with Crippen LogP contribution in [0.3, 0.4) is 0 Å². The third-order valence-electron chi connectivity index (χ3n) is 5.32. The molecule has 27 heavy (non-hydrogen) atoms. The summed E-state index contributed by atoms with van der Waals surface area (Å²) in [5.74, 6) is -0.0569. The summed E-state index contributed by atoms with van der Waals surface area (Å²) in [6.07, 6.45) is 6.80. The summed E-state index contributed by atoms with van der Waals surface area (Å²) < 4.78 is 0. The van der Waals surface area contributed by atoms with Crippen molar-refractivity contribution in [3.05, 3.63) is 53.2 Å². The number of amides is 1. The minimum Gasteiger partial charge on any atom is -0.478 e. The predicted octanol–water partition coefficient (Wildman–Crippen LogP) is 3.49. The van der Waals surface area contributed by atoms with Gasteiger partial charge in [-0.2, -0.15) is 0 Å². The van der Waals surface area contributed by atoms with Gasteiger partial charge in [0.25, 0.3) is 5.91 Å². The number of aromatic carboxylic acids is 1. The zero-order valence-electron chi connectivity index (χ0n) is 15.2. The molecule has 1 fully saturated rings. The van der Waals surface area contributed by atoms with Crippen LogP contribution in [-0.2, 0) is 6.42 Å². The molecule has 0 unspecified atom stereocenters. The quantitative estimate of drug-likeness (QED) is 0.901. The Balaban J connectivity index is 1.63. The molecule has 3 heterocycles. The highest BCUT2D eigenvalue weighted by Gasteiger charge is 2.24. The van der Waals surface area contributed by atoms with E-state index in [-0.39, 0.29) is 11.5 Å². The van der Waals surface area contributed by atoms with Gasteiger partial charge in [-0.3, -0.25) is 4.79 Å². The Morgan fingerprint density at radius 1 is 0.963 bits per heavy atom. The maximum absolute atomic E-state index is 12.8. The van der Waals surface area contributed by atoms with Crippen molar-refractivity contribution in [3.63, 3.8) is 0 Å². The summed E-state index contributed by atoms with van der Waals surface area (Å²) in [6.45, 7) is 2.43. The number of hydrogen-bond acceptors (Lipinski definition) is 4. The van der Waals surface area contributed by atoms with Crippen LogP contribution in [0.4, 0.5) is 11.5 Å². The summed E-state index contributed by atoms with van der Waals surface area (Å²) in [5, 5.41) is 9.25. The van der Waals surface area contributed by atoms with Crippen molar-refractivity contribution in [2.24, 2.45) is 0 Å². The largest absolute Gasteiger partial charge is 0.478 e. The number of likely N-dealkylation sites (tertiary alicyclic amines) is 1. The summed E-state index contributed by atoms with van der Waals surface area (Å²) in [4.78, 5) is 32.6. The fourth-order valence-electron chi connectivity index (χ4n) is 3.92. The lowest BCUT2D eigenvalue weighted by Gasteiger charge is -2.31. The van der Waals surface area contributed by atoms with Crippen molar-refractivity contribution in [3.8, 4) is 0 Å². The van der Waals surface area contributed by atoms with Gasteiger partial charge in [0.05, 0.1) is 11.1 Å². The van der Waals surface area contributed by atoms with E-state index in [9.17, 15) is 14.7 Å². The average molecular weight is 365 g/mol. The first-order valence-corrected chi connectivity index (χ1v) is 9.52. The van der Waals surface area contributed by atoms with Crippen LogP contribution < -0.4 is 4.90 Å². The van der Waals surface area contributed by atoms with Crippen molar-refractivity contribution < 1.29 is 14.7 Å². The molecule has 1 N–H and O–H groups in total. The Bertz CT molecular complexity index is 875. The number of carboxylic acid groups (broad SMARTS) is 1. The van der Waals surface area contributed by atoms with Crippen LogP contribution in [0.25, 0.3) is 0 Å². The SMILES string of the molecule is O=C(O)c1cccc(N2CCCc3cc(C(=O)N4CCCCC4)cnc32)c1. The molecule has 140 valence electrons. The van der Waals surface area contributed by atoms with E-state index >= 15 is 0 Å². The monoisotopic (exact) mass is 365 g/mol. The topological polar surface area (TPSA) is 73.7 Å². The van der Waals surface area contributed by atoms with Gasteiger partial charge in [-0.05, 0) is 61.9 Å². The maximum Gasteiger partial charge on any atom is 0.335 e. The van der Waals surface area contributed by atoms with Gasteiger partial charge in [0.2, 0.25) is 0 Å². The molecule has 0 saturated carbocycles. The van der Waals surface area contributed by atoms with Gasteiger partial charge in [0, 0.05) is 31.5 Å². The van der Waals surface area contributed by atoms with Crippen molar-refractivity contribution >= 4 is 23.4 Å². The number of aromatic nitrogens is 1. The molecule has 0 radical (unpaired) electrons. The number of carbonyl (C=O) groups is 2. The lowest BCUT2D eigenvalue weighted by molar-refractivity contribution is 0.0694. The Morgan fingerprint density at radius 3 is 2.56 bits per heavy atom. The van der Waals surface area contributed by atoms with E-state index in [1.165, 1.54) is 6.42 Å². The van der Waals surface area contributed by atoms with Crippen LogP contribution in [-0.4, -0.2) is 46.5 Å². The third kappa shape index (κ3) is 3.52. The third-order valence-corrected chi connectivity index (χ3v) is 5.32. The van der Waals surface area contributed by atoms with Crippen molar-refractivity contribution in [1.82, 2.24) is 9.88 Å². The summed E-state index contributed by atoms with van der Waals surface area (Å²) in [6, 6.07) is 8.88. The van der Waals surface area contributed by atoms with Gasteiger partial charge < -0.3 is 14.9 Å². The van der Waals surface area contributed by atoms with Gasteiger partial charge in [0.15, 0.2) is 0 Å². The molecule has 2 aliphatic rings. The van der Waals surface area contributed by atoms with Gasteiger partial charge in [0.1, 0.15) is 5.82 Å². The van der Waals surface area contributed by atoms with Crippen LogP contribution in [0.15, 0.2) is 36.5 Å². The number of piperidine rings is 1. The molecule has 2 aliphatic heterocycles. The van der Waals surface area contributed by atoms with Crippen LogP contribution in [0.5, 0.6) is 0 Å². The molecule has 6 nitrogen and oxygen atoms in total. The first-order valence-electron chi connectivity index (χ1n) is 9.52. The fourth-order valence-corrected chi connectivity index (χ4v) is 3.92. The van der Waals surface area contributed by atoms with Gasteiger partial charge in [-0.25, -0.2) is 9.78 Å². The number of rotatable bonds is 3. The minimum atomic E-state index is -0.940. The van der Waals surface area contributed by atoms with Gasteiger partial charge >= 0.3 is 5.97 Å². The van der Waals surface area contributed by atoms with Gasteiger partial charge in [-0.1, -0.05) is 6.07 Å². The smallest absolute Gasteiger partial charge is 0.335 e. The second-order valence-corrected chi connectivity index (χ2v) is 7.17. The van der Waals surface area contributed by atoms with Crippen LogP contribution in [0.1, 0.15) is 52.0 Å². The number of carboxylic acids is 1. The number of carbonyl (C=O) groups excluding carboxylic acids is 1. The van der Waals surface area contributed by atoms with Gasteiger partial charge in [-0.15, -0.1) is 0 Å². The molecule has 0 atom stereocenters. The summed E-state index contributed by atoms with van der Waals surface area (Å²) in [5.41, 5.74) is 2.77. The lowest BCUT2D eigenvalue weighted by atomic mass is 10.0. The number of fused-ring (bicyclic) bond motifs is 1. The molecule has 0 bridgehead atoms. The standard InChI is InChI=1S/C21H23N3O3/c25-20(23-9-2-1-3-10-23)17-12-15-7-5-11-24(19(15)22-14-17)18-8-4-6-16(13-18)21(26)27/h4,6,8,12-14H,1-3,5,7,9-11H2,(H,26,27). The second-order valence-electron chi connectivity index (χ2n) is 7.17. The summed E-state index contributed by atoms with van der Waals surface area (Å²) >= 11 is 0. The molecule has 6 heteroatoms. The summed E-state index contributed by atoms with van der Waals surface area (Å²) in [7, 11) is 0. The zero-order chi connectivity index (χ0) is 18.8. The highest BCUT2D eigenvalue weighted by atomic mass is 16.4.